The van der Waals surface area contributed by atoms with Crippen LogP contribution in [0.25, 0.3) is 0 Å². The second-order valence-electron chi connectivity index (χ2n) is 4.42. The molecule has 0 fully saturated rings. The minimum absolute atomic E-state index is 0.127. The van der Waals surface area contributed by atoms with Crippen LogP contribution in [0.2, 0.25) is 0 Å². The Morgan fingerprint density at radius 3 is 3.16 bits per heavy atom. The molecule has 19 heavy (non-hydrogen) atoms. The average Bonchev–Trinajstić information content (AvgIpc) is 2.44. The standard InChI is InChI=1S/C13H13IN4O/c14-11-12(16-7-17-13(11)19)18-9-3-4-10-8(6-9)2-1-5-15-10/h3-4,6-7,15H,1-2,5H2,(H2,16,17,18,19). The highest BCUT2D eigenvalue weighted by atomic mass is 127. The van der Waals surface area contributed by atoms with Crippen LogP contribution in [0.4, 0.5) is 17.2 Å². The molecular weight excluding hydrogens is 355 g/mol. The first-order chi connectivity index (χ1) is 9.24. The molecule has 0 saturated heterocycles. The summed E-state index contributed by atoms with van der Waals surface area (Å²) in [5, 5.41) is 6.57. The molecule has 5 nitrogen and oxygen atoms in total. The Kier molecular flexibility index (Phi) is 3.41. The number of hydrogen-bond acceptors (Lipinski definition) is 4. The molecule has 1 aromatic carbocycles. The van der Waals surface area contributed by atoms with Crippen LogP contribution in [-0.4, -0.2) is 16.5 Å². The van der Waals surface area contributed by atoms with Crippen LogP contribution in [0.1, 0.15) is 12.0 Å². The summed E-state index contributed by atoms with van der Waals surface area (Å²) in [6, 6.07) is 6.17. The van der Waals surface area contributed by atoms with Gasteiger partial charge in [0.25, 0.3) is 5.56 Å². The Hall–Kier alpha value is -1.57. The van der Waals surface area contributed by atoms with Crippen LogP contribution < -0.4 is 16.2 Å². The molecule has 1 aliphatic rings. The lowest BCUT2D eigenvalue weighted by Gasteiger charge is -2.19. The van der Waals surface area contributed by atoms with Crippen molar-refractivity contribution in [3.05, 3.63) is 44.0 Å². The molecule has 3 rings (SSSR count). The lowest BCUT2D eigenvalue weighted by molar-refractivity contribution is 0.830. The predicted octanol–water partition coefficient (Wildman–Crippen LogP) is 2.48. The molecule has 1 aromatic heterocycles. The van der Waals surface area contributed by atoms with Crippen molar-refractivity contribution in [1.29, 1.82) is 0 Å². The number of anilines is 3. The topological polar surface area (TPSA) is 69.8 Å². The molecule has 1 aliphatic heterocycles. The number of benzene rings is 1. The predicted molar refractivity (Wildman–Crippen MR) is 84.1 cm³/mol. The smallest absolute Gasteiger partial charge is 0.266 e. The lowest BCUT2D eigenvalue weighted by Crippen LogP contribution is -2.14. The van der Waals surface area contributed by atoms with E-state index in [2.05, 4.69) is 32.7 Å². The molecule has 0 amide bonds. The molecule has 2 aromatic rings. The third-order valence-corrected chi connectivity index (χ3v) is 4.10. The maximum atomic E-state index is 11.5. The highest BCUT2D eigenvalue weighted by Crippen LogP contribution is 2.26. The van der Waals surface area contributed by atoms with Crippen molar-refractivity contribution in [2.75, 3.05) is 17.2 Å². The van der Waals surface area contributed by atoms with E-state index in [4.69, 9.17) is 0 Å². The molecular formula is C13H13IN4O. The number of aryl methyl sites for hydroxylation is 1. The van der Waals surface area contributed by atoms with E-state index >= 15 is 0 Å². The summed E-state index contributed by atoms with van der Waals surface area (Å²) in [5.41, 5.74) is 3.33. The third-order valence-electron chi connectivity index (χ3n) is 3.10. The summed E-state index contributed by atoms with van der Waals surface area (Å²) < 4.78 is 0.566. The zero-order chi connectivity index (χ0) is 13.2. The van der Waals surface area contributed by atoms with Crippen molar-refractivity contribution in [1.82, 2.24) is 9.97 Å². The van der Waals surface area contributed by atoms with Crippen molar-refractivity contribution in [3.8, 4) is 0 Å². The molecule has 0 aliphatic carbocycles. The number of H-pyrrole nitrogens is 1. The second kappa shape index (κ2) is 5.20. The van der Waals surface area contributed by atoms with Crippen molar-refractivity contribution in [2.24, 2.45) is 0 Å². The fraction of sp³-hybridized carbons (Fsp3) is 0.231. The van der Waals surface area contributed by atoms with Gasteiger partial charge in [-0.2, -0.15) is 0 Å². The van der Waals surface area contributed by atoms with Crippen LogP contribution >= 0.6 is 22.6 Å². The average molecular weight is 368 g/mol. The first-order valence-corrected chi connectivity index (χ1v) is 7.19. The van der Waals surface area contributed by atoms with Gasteiger partial charge in [-0.1, -0.05) is 0 Å². The SMILES string of the molecule is O=c1[nH]cnc(Nc2ccc3c(c2)CCCN3)c1I. The van der Waals surface area contributed by atoms with Gasteiger partial charge in [0.1, 0.15) is 3.57 Å². The molecule has 2 heterocycles. The van der Waals surface area contributed by atoms with E-state index in [1.54, 1.807) is 0 Å². The van der Waals surface area contributed by atoms with Crippen LogP contribution in [-0.2, 0) is 6.42 Å². The van der Waals surface area contributed by atoms with E-state index in [9.17, 15) is 4.79 Å². The Bertz CT molecular complexity index is 668. The largest absolute Gasteiger partial charge is 0.385 e. The number of nitrogens with zero attached hydrogens (tertiary/aromatic N) is 1. The van der Waals surface area contributed by atoms with Crippen molar-refractivity contribution < 1.29 is 0 Å². The number of aromatic amines is 1. The fourth-order valence-electron chi connectivity index (χ4n) is 2.16. The molecule has 0 atom stereocenters. The number of nitrogens with one attached hydrogen (secondary N) is 3. The molecule has 0 spiro atoms. The Morgan fingerprint density at radius 1 is 1.37 bits per heavy atom. The molecule has 0 radical (unpaired) electrons. The summed E-state index contributed by atoms with van der Waals surface area (Å²) in [5.74, 6) is 0.591. The van der Waals surface area contributed by atoms with Gasteiger partial charge in [-0.25, -0.2) is 4.98 Å². The Labute approximate surface area is 124 Å². The second-order valence-corrected chi connectivity index (χ2v) is 5.50. The van der Waals surface area contributed by atoms with Gasteiger partial charge in [-0.05, 0) is 59.2 Å². The first-order valence-electron chi connectivity index (χ1n) is 6.11. The van der Waals surface area contributed by atoms with Gasteiger partial charge >= 0.3 is 0 Å². The number of halogens is 1. The highest BCUT2D eigenvalue weighted by Gasteiger charge is 2.10. The quantitative estimate of drug-likeness (QED) is 0.713. The summed E-state index contributed by atoms with van der Waals surface area (Å²) in [6.45, 7) is 1.04. The van der Waals surface area contributed by atoms with Gasteiger partial charge in [0.15, 0.2) is 5.82 Å². The maximum absolute atomic E-state index is 11.5. The van der Waals surface area contributed by atoms with Crippen LogP contribution in [0.15, 0.2) is 29.3 Å². The van der Waals surface area contributed by atoms with Gasteiger partial charge in [0.05, 0.1) is 6.33 Å². The Balaban J connectivity index is 1.91. The molecule has 98 valence electrons. The number of aromatic nitrogens is 2. The van der Waals surface area contributed by atoms with E-state index in [0.29, 0.717) is 9.39 Å². The summed E-state index contributed by atoms with van der Waals surface area (Å²) in [4.78, 5) is 18.2. The van der Waals surface area contributed by atoms with Crippen LogP contribution in [0.3, 0.4) is 0 Å². The zero-order valence-corrected chi connectivity index (χ0v) is 12.3. The van der Waals surface area contributed by atoms with Gasteiger partial charge < -0.3 is 15.6 Å². The van der Waals surface area contributed by atoms with Crippen molar-refractivity contribution in [2.45, 2.75) is 12.8 Å². The van der Waals surface area contributed by atoms with Gasteiger partial charge in [-0.15, -0.1) is 0 Å². The summed E-state index contributed by atoms with van der Waals surface area (Å²) in [6.07, 6.45) is 3.64. The van der Waals surface area contributed by atoms with Gasteiger partial charge in [0.2, 0.25) is 0 Å². The Morgan fingerprint density at radius 2 is 2.26 bits per heavy atom. The number of hydrogen-bond donors (Lipinski definition) is 3. The minimum atomic E-state index is -0.127. The lowest BCUT2D eigenvalue weighted by atomic mass is 10.0. The van der Waals surface area contributed by atoms with E-state index in [-0.39, 0.29) is 5.56 Å². The third kappa shape index (κ3) is 2.58. The number of rotatable bonds is 2. The number of fused-ring (bicyclic) bond motifs is 1. The van der Waals surface area contributed by atoms with E-state index in [1.165, 1.54) is 17.6 Å². The van der Waals surface area contributed by atoms with E-state index < -0.39 is 0 Å². The van der Waals surface area contributed by atoms with Crippen LogP contribution in [0.5, 0.6) is 0 Å². The minimum Gasteiger partial charge on any atom is -0.385 e. The first kappa shape index (κ1) is 12.5. The zero-order valence-electron chi connectivity index (χ0n) is 10.2. The maximum Gasteiger partial charge on any atom is 0.266 e. The van der Waals surface area contributed by atoms with E-state index in [0.717, 1.165) is 25.1 Å². The fourth-order valence-corrected chi connectivity index (χ4v) is 2.59. The summed E-state index contributed by atoms with van der Waals surface area (Å²) in [7, 11) is 0. The normalized spacial score (nSPS) is 13.5. The van der Waals surface area contributed by atoms with Gasteiger partial charge in [0, 0.05) is 17.9 Å². The molecule has 0 saturated carbocycles. The van der Waals surface area contributed by atoms with Crippen molar-refractivity contribution >= 4 is 39.8 Å². The summed E-state index contributed by atoms with van der Waals surface area (Å²) >= 11 is 1.99. The molecule has 0 bridgehead atoms. The molecule has 6 heteroatoms. The molecule has 0 unspecified atom stereocenters. The van der Waals surface area contributed by atoms with Crippen LogP contribution in [0, 0.1) is 3.57 Å². The van der Waals surface area contributed by atoms with E-state index in [1.807, 2.05) is 28.7 Å². The molecule has 3 N–H and O–H groups in total. The van der Waals surface area contributed by atoms with Gasteiger partial charge in [-0.3, -0.25) is 4.79 Å². The monoisotopic (exact) mass is 368 g/mol. The van der Waals surface area contributed by atoms with Crippen molar-refractivity contribution in [3.63, 3.8) is 0 Å². The highest BCUT2D eigenvalue weighted by molar-refractivity contribution is 14.1.